The number of pyridine rings is 1. The first-order chi connectivity index (χ1) is 5.68. The first-order valence-electron chi connectivity index (χ1n) is 4.05. The van der Waals surface area contributed by atoms with Crippen molar-refractivity contribution >= 4 is 16.2 Å². The Morgan fingerprint density at radius 2 is 1.92 bits per heavy atom. The molecule has 2 heterocycles. The van der Waals surface area contributed by atoms with Crippen LogP contribution in [-0.2, 0) is 0 Å². The Balaban J connectivity index is 2.87. The average molecular weight is 178 g/mol. The van der Waals surface area contributed by atoms with E-state index in [4.69, 9.17) is 0 Å². The van der Waals surface area contributed by atoms with E-state index in [1.165, 1.54) is 21.7 Å². The summed E-state index contributed by atoms with van der Waals surface area (Å²) >= 11 is 1.80. The number of thiazole rings is 1. The summed E-state index contributed by atoms with van der Waals surface area (Å²) in [5, 5.41) is 2.19. The summed E-state index contributed by atoms with van der Waals surface area (Å²) in [6, 6.07) is 2.24. The molecule has 0 unspecified atom stereocenters. The first kappa shape index (κ1) is 7.74. The van der Waals surface area contributed by atoms with Crippen molar-refractivity contribution in [2.45, 2.75) is 20.8 Å². The van der Waals surface area contributed by atoms with Crippen molar-refractivity contribution in [3.63, 3.8) is 0 Å². The predicted octanol–water partition coefficient (Wildman–Crippen LogP) is 2.41. The van der Waals surface area contributed by atoms with E-state index in [1.54, 1.807) is 11.3 Å². The lowest BCUT2D eigenvalue weighted by atomic mass is 10.2. The highest BCUT2D eigenvalue weighted by Crippen LogP contribution is 2.12. The maximum absolute atomic E-state index is 2.24. The third kappa shape index (κ3) is 1.03. The van der Waals surface area contributed by atoms with E-state index in [9.17, 15) is 0 Å². The van der Waals surface area contributed by atoms with Gasteiger partial charge in [-0.05, 0) is 19.4 Å². The van der Waals surface area contributed by atoms with Gasteiger partial charge in [-0.15, -0.1) is 0 Å². The fourth-order valence-electron chi connectivity index (χ4n) is 1.30. The summed E-state index contributed by atoms with van der Waals surface area (Å²) in [7, 11) is 0. The molecular weight excluding hydrogens is 166 g/mol. The van der Waals surface area contributed by atoms with Crippen LogP contribution in [0, 0.1) is 20.8 Å². The second-order valence-corrected chi connectivity index (χ2v) is 4.11. The lowest BCUT2D eigenvalue weighted by Crippen LogP contribution is -2.22. The fraction of sp³-hybridized carbons (Fsp3) is 0.300. The molecule has 0 aliphatic rings. The van der Waals surface area contributed by atoms with Gasteiger partial charge in [-0.3, -0.25) is 0 Å². The minimum Gasteiger partial charge on any atom is -0.155 e. The van der Waals surface area contributed by atoms with Crippen LogP contribution in [0.3, 0.4) is 0 Å². The Labute approximate surface area is 76.3 Å². The Morgan fingerprint density at radius 3 is 2.67 bits per heavy atom. The van der Waals surface area contributed by atoms with E-state index in [0.717, 1.165) is 0 Å². The van der Waals surface area contributed by atoms with Crippen molar-refractivity contribution in [3.8, 4) is 0 Å². The van der Waals surface area contributed by atoms with Gasteiger partial charge in [0.1, 0.15) is 0 Å². The van der Waals surface area contributed by atoms with E-state index in [0.29, 0.717) is 0 Å². The third-order valence-electron chi connectivity index (χ3n) is 2.25. The van der Waals surface area contributed by atoms with E-state index in [2.05, 4.69) is 42.8 Å². The summed E-state index contributed by atoms with van der Waals surface area (Å²) < 4.78 is 2.24. The maximum atomic E-state index is 2.24. The van der Waals surface area contributed by atoms with E-state index < -0.39 is 0 Å². The van der Waals surface area contributed by atoms with Crippen LogP contribution in [0.2, 0.25) is 0 Å². The molecule has 0 aliphatic carbocycles. The number of fused-ring (bicyclic) bond motifs is 1. The molecule has 2 heteroatoms. The molecule has 1 nitrogen and oxygen atoms in total. The Kier molecular flexibility index (Phi) is 1.65. The average Bonchev–Trinajstić information content (AvgIpc) is 2.35. The zero-order valence-corrected chi connectivity index (χ0v) is 8.40. The van der Waals surface area contributed by atoms with Crippen LogP contribution in [0.5, 0.6) is 0 Å². The first-order valence-corrected chi connectivity index (χ1v) is 4.93. The lowest BCUT2D eigenvalue weighted by Gasteiger charge is -1.93. The standard InChI is InChI=1S/C10H12NS/c1-7-4-10-11(5-8(7)2)9(3)6-12-10/h4-6H,1-3H3/q+1. The van der Waals surface area contributed by atoms with Crippen molar-refractivity contribution < 1.29 is 4.40 Å². The molecule has 0 amide bonds. The number of aryl methyl sites for hydroxylation is 3. The van der Waals surface area contributed by atoms with Gasteiger partial charge in [0.15, 0.2) is 11.9 Å². The van der Waals surface area contributed by atoms with Gasteiger partial charge in [0.2, 0.25) is 0 Å². The van der Waals surface area contributed by atoms with Crippen molar-refractivity contribution in [1.82, 2.24) is 0 Å². The second-order valence-electron chi connectivity index (χ2n) is 3.22. The Hall–Kier alpha value is -0.890. The normalized spacial score (nSPS) is 10.9. The van der Waals surface area contributed by atoms with Gasteiger partial charge in [-0.1, -0.05) is 11.3 Å². The van der Waals surface area contributed by atoms with Crippen LogP contribution in [-0.4, -0.2) is 0 Å². The van der Waals surface area contributed by atoms with Gasteiger partial charge in [-0.2, -0.15) is 4.40 Å². The van der Waals surface area contributed by atoms with E-state index in [-0.39, 0.29) is 0 Å². The second kappa shape index (κ2) is 2.56. The Bertz CT molecular complexity index is 429. The molecule has 0 fully saturated rings. The fourth-order valence-corrected chi connectivity index (χ4v) is 2.26. The number of nitrogens with zero attached hydrogens (tertiary/aromatic N) is 1. The van der Waals surface area contributed by atoms with Gasteiger partial charge < -0.3 is 0 Å². The molecule has 2 aromatic heterocycles. The van der Waals surface area contributed by atoms with Crippen LogP contribution < -0.4 is 4.40 Å². The molecule has 0 spiro atoms. The number of hydrogen-bond donors (Lipinski definition) is 0. The highest BCUT2D eigenvalue weighted by molar-refractivity contribution is 7.15. The lowest BCUT2D eigenvalue weighted by molar-refractivity contribution is -0.515. The highest BCUT2D eigenvalue weighted by Gasteiger charge is 2.10. The minimum absolute atomic E-state index is 1.32. The molecule has 0 radical (unpaired) electrons. The van der Waals surface area contributed by atoms with Crippen LogP contribution >= 0.6 is 11.3 Å². The zero-order chi connectivity index (χ0) is 8.72. The molecule has 0 aromatic carbocycles. The predicted molar refractivity (Wildman–Crippen MR) is 51.7 cm³/mol. The van der Waals surface area contributed by atoms with E-state index in [1.807, 2.05) is 0 Å². The van der Waals surface area contributed by atoms with Crippen LogP contribution in [0.1, 0.15) is 16.8 Å². The van der Waals surface area contributed by atoms with Crippen molar-refractivity contribution in [3.05, 3.63) is 34.5 Å². The van der Waals surface area contributed by atoms with Gasteiger partial charge in [0.05, 0.1) is 5.38 Å². The molecule has 12 heavy (non-hydrogen) atoms. The molecule has 0 bridgehead atoms. The molecule has 62 valence electrons. The molecule has 0 saturated heterocycles. The third-order valence-corrected chi connectivity index (χ3v) is 3.27. The van der Waals surface area contributed by atoms with Crippen LogP contribution in [0.15, 0.2) is 17.6 Å². The largest absolute Gasteiger partial charge is 0.267 e. The Morgan fingerprint density at radius 1 is 1.17 bits per heavy atom. The summed E-state index contributed by atoms with van der Waals surface area (Å²) in [5.41, 5.74) is 4.05. The topological polar surface area (TPSA) is 4.10 Å². The van der Waals surface area contributed by atoms with Crippen molar-refractivity contribution in [2.24, 2.45) is 0 Å². The summed E-state index contributed by atoms with van der Waals surface area (Å²) in [5.74, 6) is 0. The molecular formula is C10H12NS+. The van der Waals surface area contributed by atoms with Crippen molar-refractivity contribution in [2.75, 3.05) is 0 Å². The van der Waals surface area contributed by atoms with E-state index >= 15 is 0 Å². The number of aromatic nitrogens is 1. The quantitative estimate of drug-likeness (QED) is 0.546. The summed E-state index contributed by atoms with van der Waals surface area (Å²) in [4.78, 5) is 1.33. The summed E-state index contributed by atoms with van der Waals surface area (Å²) in [6.07, 6.45) is 2.20. The van der Waals surface area contributed by atoms with Crippen molar-refractivity contribution in [1.29, 1.82) is 0 Å². The number of rotatable bonds is 0. The SMILES string of the molecule is Cc1cc2scc(C)[n+]2cc1C. The van der Waals surface area contributed by atoms with Gasteiger partial charge in [-0.25, -0.2) is 0 Å². The summed E-state index contributed by atoms with van der Waals surface area (Å²) in [6.45, 7) is 6.45. The van der Waals surface area contributed by atoms with Crippen LogP contribution in [0.4, 0.5) is 0 Å². The van der Waals surface area contributed by atoms with Gasteiger partial charge in [0.25, 0.3) is 4.83 Å². The van der Waals surface area contributed by atoms with Crippen LogP contribution in [0.25, 0.3) is 4.83 Å². The minimum atomic E-state index is 1.32. The molecule has 0 atom stereocenters. The number of hydrogen-bond acceptors (Lipinski definition) is 1. The molecule has 0 aliphatic heterocycles. The molecule has 2 rings (SSSR count). The van der Waals surface area contributed by atoms with Gasteiger partial charge >= 0.3 is 0 Å². The van der Waals surface area contributed by atoms with Gasteiger partial charge in [0, 0.05) is 18.6 Å². The maximum Gasteiger partial charge on any atom is 0.267 e. The molecule has 0 N–H and O–H groups in total. The molecule has 2 aromatic rings. The highest BCUT2D eigenvalue weighted by atomic mass is 32.1. The molecule has 0 saturated carbocycles. The smallest absolute Gasteiger partial charge is 0.155 e. The zero-order valence-electron chi connectivity index (χ0n) is 7.59. The monoisotopic (exact) mass is 178 g/mol.